The van der Waals surface area contributed by atoms with E-state index in [1.54, 1.807) is 13.8 Å². The third kappa shape index (κ3) is 2.48. The predicted octanol–water partition coefficient (Wildman–Crippen LogP) is -0.115. The Hall–Kier alpha value is -0.990. The lowest BCUT2D eigenvalue weighted by Crippen LogP contribution is -2.50. The number of sulfonamides is 1. The van der Waals surface area contributed by atoms with E-state index >= 15 is 0 Å². The number of morpholine rings is 1. The van der Waals surface area contributed by atoms with Gasteiger partial charge in [0.25, 0.3) is 5.89 Å². The third-order valence-corrected chi connectivity index (χ3v) is 3.94. The van der Waals surface area contributed by atoms with Gasteiger partial charge < -0.3 is 9.26 Å². The SMILES string of the molecule is Cc1noc([C@]2(C)CN(S(C)(=O)=O)CCO2)n1. The van der Waals surface area contributed by atoms with E-state index < -0.39 is 15.6 Å². The summed E-state index contributed by atoms with van der Waals surface area (Å²) in [7, 11) is -3.23. The minimum Gasteiger partial charge on any atom is -0.363 e. The number of rotatable bonds is 2. The van der Waals surface area contributed by atoms with Crippen molar-refractivity contribution in [3.8, 4) is 0 Å². The van der Waals surface area contributed by atoms with E-state index in [4.69, 9.17) is 9.26 Å². The summed E-state index contributed by atoms with van der Waals surface area (Å²) in [6.07, 6.45) is 1.18. The molecule has 0 N–H and O–H groups in total. The largest absolute Gasteiger partial charge is 0.363 e. The van der Waals surface area contributed by atoms with E-state index in [0.29, 0.717) is 24.9 Å². The zero-order valence-corrected chi connectivity index (χ0v) is 10.8. The number of nitrogens with zero attached hydrogens (tertiary/aromatic N) is 3. The van der Waals surface area contributed by atoms with Crippen LogP contribution in [0.3, 0.4) is 0 Å². The monoisotopic (exact) mass is 261 g/mol. The van der Waals surface area contributed by atoms with Crippen molar-refractivity contribution in [2.75, 3.05) is 26.0 Å². The van der Waals surface area contributed by atoms with E-state index in [-0.39, 0.29) is 6.54 Å². The van der Waals surface area contributed by atoms with Crippen molar-refractivity contribution >= 4 is 10.0 Å². The molecule has 17 heavy (non-hydrogen) atoms. The highest BCUT2D eigenvalue weighted by Crippen LogP contribution is 2.28. The Labute approximate surface area is 99.8 Å². The Balaban J connectivity index is 2.27. The van der Waals surface area contributed by atoms with E-state index in [9.17, 15) is 8.42 Å². The number of ether oxygens (including phenoxy) is 1. The molecule has 1 fully saturated rings. The molecular formula is C9H15N3O4S. The molecule has 0 aromatic carbocycles. The predicted molar refractivity (Wildman–Crippen MR) is 58.8 cm³/mol. The Kier molecular flexibility index (Phi) is 2.96. The summed E-state index contributed by atoms with van der Waals surface area (Å²) in [5.74, 6) is 0.810. The fourth-order valence-electron chi connectivity index (χ4n) is 1.76. The van der Waals surface area contributed by atoms with Gasteiger partial charge in [-0.1, -0.05) is 5.16 Å². The minimum absolute atomic E-state index is 0.188. The van der Waals surface area contributed by atoms with Crippen LogP contribution in [-0.2, 0) is 20.4 Å². The molecule has 8 heteroatoms. The molecule has 0 unspecified atom stereocenters. The fraction of sp³-hybridized carbons (Fsp3) is 0.778. The van der Waals surface area contributed by atoms with Crippen molar-refractivity contribution in [3.63, 3.8) is 0 Å². The Morgan fingerprint density at radius 1 is 1.47 bits per heavy atom. The first kappa shape index (κ1) is 12.5. The van der Waals surface area contributed by atoms with Crippen molar-refractivity contribution in [1.29, 1.82) is 0 Å². The van der Waals surface area contributed by atoms with Gasteiger partial charge in [0.1, 0.15) is 0 Å². The summed E-state index contributed by atoms with van der Waals surface area (Å²) in [6, 6.07) is 0. The summed E-state index contributed by atoms with van der Waals surface area (Å²) >= 11 is 0. The zero-order valence-electron chi connectivity index (χ0n) is 10.0. The van der Waals surface area contributed by atoms with Crippen molar-refractivity contribution < 1.29 is 17.7 Å². The quantitative estimate of drug-likeness (QED) is 0.738. The van der Waals surface area contributed by atoms with Gasteiger partial charge in [-0.15, -0.1) is 0 Å². The summed E-state index contributed by atoms with van der Waals surface area (Å²) in [5.41, 5.74) is -0.872. The lowest BCUT2D eigenvalue weighted by molar-refractivity contribution is -0.0993. The van der Waals surface area contributed by atoms with Crippen molar-refractivity contribution in [2.45, 2.75) is 19.4 Å². The maximum absolute atomic E-state index is 11.5. The van der Waals surface area contributed by atoms with Gasteiger partial charge in [0.2, 0.25) is 10.0 Å². The van der Waals surface area contributed by atoms with Crippen LogP contribution < -0.4 is 0 Å². The molecule has 0 radical (unpaired) electrons. The van der Waals surface area contributed by atoms with Crippen LogP contribution in [0.5, 0.6) is 0 Å². The van der Waals surface area contributed by atoms with Gasteiger partial charge in [0.05, 0.1) is 19.4 Å². The molecule has 0 aliphatic carbocycles. The van der Waals surface area contributed by atoms with E-state index in [0.717, 1.165) is 0 Å². The first-order chi connectivity index (χ1) is 7.81. The van der Waals surface area contributed by atoms with E-state index in [2.05, 4.69) is 10.1 Å². The molecule has 0 spiro atoms. The Morgan fingerprint density at radius 2 is 2.18 bits per heavy atom. The van der Waals surface area contributed by atoms with Gasteiger partial charge in [0.15, 0.2) is 11.4 Å². The number of aromatic nitrogens is 2. The standard InChI is InChI=1S/C9H15N3O4S/c1-7-10-8(16-11-7)9(2)6-12(4-5-15-9)17(3,13)14/h4-6H2,1-3H3/t9-/m0/s1. The van der Waals surface area contributed by atoms with Crippen molar-refractivity contribution in [1.82, 2.24) is 14.4 Å². The molecule has 1 aliphatic heterocycles. The molecule has 1 atom stereocenters. The molecule has 96 valence electrons. The Bertz CT molecular complexity index is 512. The zero-order chi connectivity index (χ0) is 12.7. The second kappa shape index (κ2) is 4.04. The van der Waals surface area contributed by atoms with Gasteiger partial charge in [-0.2, -0.15) is 9.29 Å². The highest BCUT2D eigenvalue weighted by molar-refractivity contribution is 7.88. The number of hydrogen-bond donors (Lipinski definition) is 0. The van der Waals surface area contributed by atoms with Crippen LogP contribution in [0.15, 0.2) is 4.52 Å². The highest BCUT2D eigenvalue weighted by Gasteiger charge is 2.41. The normalized spacial score (nSPS) is 27.2. The first-order valence-electron chi connectivity index (χ1n) is 5.21. The molecule has 7 nitrogen and oxygen atoms in total. The maximum Gasteiger partial charge on any atom is 0.259 e. The summed E-state index contributed by atoms with van der Waals surface area (Å²) in [5, 5.41) is 3.69. The van der Waals surface area contributed by atoms with E-state index in [1.165, 1.54) is 10.6 Å². The van der Waals surface area contributed by atoms with Gasteiger partial charge >= 0.3 is 0 Å². The molecule has 1 aromatic rings. The smallest absolute Gasteiger partial charge is 0.259 e. The lowest BCUT2D eigenvalue weighted by Gasteiger charge is -2.36. The molecule has 0 saturated carbocycles. The van der Waals surface area contributed by atoms with Crippen molar-refractivity contribution in [3.05, 3.63) is 11.7 Å². The molecule has 2 heterocycles. The van der Waals surface area contributed by atoms with Crippen molar-refractivity contribution in [2.24, 2.45) is 0 Å². The van der Waals surface area contributed by atoms with Crippen LogP contribution in [0.2, 0.25) is 0 Å². The van der Waals surface area contributed by atoms with Crippen LogP contribution in [0.4, 0.5) is 0 Å². The van der Waals surface area contributed by atoms with Gasteiger partial charge in [-0.05, 0) is 13.8 Å². The van der Waals surface area contributed by atoms with Crippen LogP contribution in [0.1, 0.15) is 18.6 Å². The summed E-state index contributed by atoms with van der Waals surface area (Å²) in [4.78, 5) is 4.10. The lowest BCUT2D eigenvalue weighted by atomic mass is 10.1. The molecular weight excluding hydrogens is 246 g/mol. The van der Waals surface area contributed by atoms with Gasteiger partial charge in [-0.3, -0.25) is 0 Å². The second-order valence-corrected chi connectivity index (χ2v) is 6.31. The van der Waals surface area contributed by atoms with Gasteiger partial charge in [0, 0.05) is 6.54 Å². The molecule has 1 aliphatic rings. The molecule has 0 bridgehead atoms. The average molecular weight is 261 g/mol. The average Bonchev–Trinajstić information content (AvgIpc) is 2.64. The summed E-state index contributed by atoms with van der Waals surface area (Å²) < 4.78 is 35.0. The minimum atomic E-state index is -3.23. The molecule has 1 saturated heterocycles. The second-order valence-electron chi connectivity index (χ2n) is 4.32. The Morgan fingerprint density at radius 3 is 2.71 bits per heavy atom. The van der Waals surface area contributed by atoms with Crippen LogP contribution in [-0.4, -0.2) is 48.8 Å². The topological polar surface area (TPSA) is 85.5 Å². The summed E-state index contributed by atoms with van der Waals surface area (Å²) in [6.45, 7) is 4.30. The maximum atomic E-state index is 11.5. The molecule has 0 amide bonds. The van der Waals surface area contributed by atoms with E-state index in [1.807, 2.05) is 0 Å². The highest BCUT2D eigenvalue weighted by atomic mass is 32.2. The third-order valence-electron chi connectivity index (χ3n) is 2.69. The van der Waals surface area contributed by atoms with Crippen LogP contribution in [0.25, 0.3) is 0 Å². The van der Waals surface area contributed by atoms with Crippen LogP contribution >= 0.6 is 0 Å². The molecule has 1 aromatic heterocycles. The van der Waals surface area contributed by atoms with Crippen LogP contribution in [0, 0.1) is 6.92 Å². The van der Waals surface area contributed by atoms with Gasteiger partial charge in [-0.25, -0.2) is 8.42 Å². The number of hydrogen-bond acceptors (Lipinski definition) is 6. The number of aryl methyl sites for hydroxylation is 1. The molecule has 2 rings (SSSR count). The fourth-order valence-corrected chi connectivity index (χ4v) is 2.65. The first-order valence-corrected chi connectivity index (χ1v) is 7.06.